The Labute approximate surface area is 117 Å². The molecule has 5 nitrogen and oxygen atoms in total. The number of rotatable bonds is 6. The molecule has 0 aromatic rings. The normalized spacial score (nSPS) is 24.9. The topological polar surface area (TPSA) is 61.4 Å². The highest BCUT2D eigenvalue weighted by atomic mass is 35.5. The predicted octanol–water partition coefficient (Wildman–Crippen LogP) is 0.972. The fourth-order valence-electron chi connectivity index (χ4n) is 1.97. The van der Waals surface area contributed by atoms with Crippen molar-refractivity contribution in [1.29, 1.82) is 0 Å². The molecule has 110 valence electrons. The second-order valence-corrected chi connectivity index (χ2v) is 6.68. The van der Waals surface area contributed by atoms with E-state index in [1.54, 1.807) is 7.05 Å². The smallest absolute Gasteiger partial charge is 0.279 e. The lowest BCUT2D eigenvalue weighted by Gasteiger charge is -2.31. The van der Waals surface area contributed by atoms with Gasteiger partial charge in [-0.2, -0.15) is 17.4 Å². The van der Waals surface area contributed by atoms with E-state index in [9.17, 15) is 8.42 Å². The van der Waals surface area contributed by atoms with Gasteiger partial charge in [0, 0.05) is 19.6 Å². The van der Waals surface area contributed by atoms with Crippen molar-refractivity contribution in [2.45, 2.75) is 39.2 Å². The van der Waals surface area contributed by atoms with Crippen LogP contribution >= 0.6 is 12.4 Å². The van der Waals surface area contributed by atoms with Crippen molar-refractivity contribution < 1.29 is 8.42 Å². The molecule has 2 atom stereocenters. The highest BCUT2D eigenvalue weighted by molar-refractivity contribution is 7.87. The molecule has 2 unspecified atom stereocenters. The first kappa shape index (κ1) is 18.1. The number of hydrogen-bond donors (Lipinski definition) is 2. The summed E-state index contributed by atoms with van der Waals surface area (Å²) in [6.45, 7) is 6.49. The summed E-state index contributed by atoms with van der Waals surface area (Å²) < 4.78 is 28.3. The third kappa shape index (κ3) is 5.40. The Morgan fingerprint density at radius 2 is 2.11 bits per heavy atom. The highest BCUT2D eigenvalue weighted by Gasteiger charge is 2.27. The summed E-state index contributed by atoms with van der Waals surface area (Å²) in [5.41, 5.74) is 0. The molecule has 0 aromatic carbocycles. The third-order valence-corrected chi connectivity index (χ3v) is 4.93. The van der Waals surface area contributed by atoms with Crippen LogP contribution in [0.15, 0.2) is 0 Å². The Hall–Kier alpha value is 0.120. The fourth-order valence-corrected chi connectivity index (χ4v) is 3.25. The van der Waals surface area contributed by atoms with Crippen LogP contribution in [-0.2, 0) is 10.2 Å². The first-order chi connectivity index (χ1) is 7.97. The molecule has 1 heterocycles. The number of nitrogens with one attached hydrogen (secondary N) is 2. The third-order valence-electron chi connectivity index (χ3n) is 3.32. The molecule has 2 N–H and O–H groups in total. The Balaban J connectivity index is 0.00000289. The van der Waals surface area contributed by atoms with Crippen LogP contribution in [0.25, 0.3) is 0 Å². The van der Waals surface area contributed by atoms with Gasteiger partial charge in [-0.15, -0.1) is 12.4 Å². The molecule has 18 heavy (non-hydrogen) atoms. The molecule has 0 amide bonds. The molecule has 7 heteroatoms. The predicted molar refractivity (Wildman–Crippen MR) is 77.3 cm³/mol. The monoisotopic (exact) mass is 299 g/mol. The van der Waals surface area contributed by atoms with E-state index in [0.717, 1.165) is 32.4 Å². The molecule has 0 aliphatic carbocycles. The minimum absolute atomic E-state index is 0. The second kappa shape index (κ2) is 8.32. The molecule has 1 saturated heterocycles. The minimum atomic E-state index is -3.31. The zero-order valence-corrected chi connectivity index (χ0v) is 13.1. The summed E-state index contributed by atoms with van der Waals surface area (Å²) in [4.78, 5) is 0. The van der Waals surface area contributed by atoms with Gasteiger partial charge >= 0.3 is 0 Å². The quantitative estimate of drug-likeness (QED) is 0.768. The van der Waals surface area contributed by atoms with Crippen LogP contribution in [0.4, 0.5) is 0 Å². The fraction of sp³-hybridized carbons (Fsp3) is 1.00. The Bertz CT molecular complexity index is 324. The summed E-state index contributed by atoms with van der Waals surface area (Å²) in [5.74, 6) is 0.345. The largest absolute Gasteiger partial charge is 0.316 e. The number of piperidine rings is 1. The van der Waals surface area contributed by atoms with Crippen LogP contribution in [0.1, 0.15) is 33.1 Å². The van der Waals surface area contributed by atoms with E-state index >= 15 is 0 Å². The van der Waals surface area contributed by atoms with Gasteiger partial charge in [0.15, 0.2) is 0 Å². The van der Waals surface area contributed by atoms with E-state index in [0.29, 0.717) is 12.5 Å². The van der Waals surface area contributed by atoms with E-state index in [1.165, 1.54) is 4.31 Å². The van der Waals surface area contributed by atoms with Gasteiger partial charge in [0.1, 0.15) is 0 Å². The average Bonchev–Trinajstić information content (AvgIpc) is 2.28. The lowest BCUT2D eigenvalue weighted by atomic mass is 9.97. The lowest BCUT2D eigenvalue weighted by molar-refractivity contribution is 0.320. The van der Waals surface area contributed by atoms with Crippen molar-refractivity contribution in [2.24, 2.45) is 5.92 Å². The van der Waals surface area contributed by atoms with Gasteiger partial charge in [-0.05, 0) is 31.8 Å². The van der Waals surface area contributed by atoms with Crippen molar-refractivity contribution >= 4 is 22.6 Å². The van der Waals surface area contributed by atoms with Crippen molar-refractivity contribution in [3.8, 4) is 0 Å². The van der Waals surface area contributed by atoms with Crippen molar-refractivity contribution in [1.82, 2.24) is 14.3 Å². The maximum atomic E-state index is 12.0. The second-order valence-electron chi connectivity index (χ2n) is 4.87. The van der Waals surface area contributed by atoms with Crippen LogP contribution in [-0.4, -0.2) is 45.4 Å². The Morgan fingerprint density at radius 1 is 1.44 bits per heavy atom. The van der Waals surface area contributed by atoms with E-state index in [-0.39, 0.29) is 18.4 Å². The Morgan fingerprint density at radius 3 is 2.67 bits per heavy atom. The van der Waals surface area contributed by atoms with Crippen LogP contribution in [0.2, 0.25) is 0 Å². The van der Waals surface area contributed by atoms with Gasteiger partial charge in [0.2, 0.25) is 0 Å². The number of halogens is 1. The molecular formula is C11H26ClN3O2S. The maximum absolute atomic E-state index is 12.0. The molecular weight excluding hydrogens is 274 g/mol. The van der Waals surface area contributed by atoms with Gasteiger partial charge in [-0.1, -0.05) is 20.3 Å². The molecule has 1 aliphatic rings. The number of nitrogens with zero attached hydrogens (tertiary/aromatic N) is 1. The molecule has 1 rings (SSSR count). The van der Waals surface area contributed by atoms with Crippen LogP contribution in [0.5, 0.6) is 0 Å². The summed E-state index contributed by atoms with van der Waals surface area (Å²) >= 11 is 0. The zero-order chi connectivity index (χ0) is 12.9. The van der Waals surface area contributed by atoms with E-state index in [1.807, 2.05) is 0 Å². The van der Waals surface area contributed by atoms with Crippen molar-refractivity contribution in [3.05, 3.63) is 0 Å². The van der Waals surface area contributed by atoms with Gasteiger partial charge in [0.05, 0.1) is 0 Å². The highest BCUT2D eigenvalue weighted by Crippen LogP contribution is 2.12. The van der Waals surface area contributed by atoms with E-state index in [2.05, 4.69) is 23.9 Å². The average molecular weight is 300 g/mol. The van der Waals surface area contributed by atoms with Crippen LogP contribution < -0.4 is 10.0 Å². The number of unbranched alkanes of at least 4 members (excludes halogenated alkanes) is 1. The van der Waals surface area contributed by atoms with Crippen LogP contribution in [0, 0.1) is 5.92 Å². The van der Waals surface area contributed by atoms with Crippen LogP contribution in [0.3, 0.4) is 0 Å². The zero-order valence-electron chi connectivity index (χ0n) is 11.5. The van der Waals surface area contributed by atoms with Gasteiger partial charge in [0.25, 0.3) is 10.2 Å². The molecule has 0 aromatic heterocycles. The molecule has 0 saturated carbocycles. The standard InChI is InChI=1S/C11H25N3O2S.ClH/c1-4-5-8-14(3)17(15,16)13-11-6-7-12-9-10(11)2;/h10-13H,4-9H2,1-3H3;1H. The summed E-state index contributed by atoms with van der Waals surface area (Å²) in [6, 6.07) is 0.0605. The van der Waals surface area contributed by atoms with Crippen molar-refractivity contribution in [2.75, 3.05) is 26.7 Å². The van der Waals surface area contributed by atoms with Gasteiger partial charge < -0.3 is 5.32 Å². The Kier molecular flexibility index (Phi) is 8.38. The summed E-state index contributed by atoms with van der Waals surface area (Å²) in [7, 11) is -1.67. The number of hydrogen-bond acceptors (Lipinski definition) is 3. The van der Waals surface area contributed by atoms with Crippen molar-refractivity contribution in [3.63, 3.8) is 0 Å². The van der Waals surface area contributed by atoms with Gasteiger partial charge in [-0.3, -0.25) is 0 Å². The van der Waals surface area contributed by atoms with Gasteiger partial charge in [-0.25, -0.2) is 0 Å². The maximum Gasteiger partial charge on any atom is 0.279 e. The molecule has 0 bridgehead atoms. The summed E-state index contributed by atoms with van der Waals surface area (Å²) in [5, 5.41) is 3.27. The molecule has 1 fully saturated rings. The minimum Gasteiger partial charge on any atom is -0.316 e. The first-order valence-corrected chi connectivity index (χ1v) is 7.85. The molecule has 1 aliphatic heterocycles. The van der Waals surface area contributed by atoms with E-state index < -0.39 is 10.2 Å². The SMILES string of the molecule is CCCCN(C)S(=O)(=O)NC1CCNCC1C.Cl. The lowest BCUT2D eigenvalue weighted by Crippen LogP contribution is -2.51. The summed E-state index contributed by atoms with van der Waals surface area (Å²) in [6.07, 6.45) is 2.77. The molecule has 0 spiro atoms. The molecule has 0 radical (unpaired) electrons. The van der Waals surface area contributed by atoms with E-state index in [4.69, 9.17) is 0 Å². The first-order valence-electron chi connectivity index (χ1n) is 6.41.